The molecule has 2 atom stereocenters. The van der Waals surface area contributed by atoms with Crippen LogP contribution in [0.2, 0.25) is 0 Å². The van der Waals surface area contributed by atoms with Crippen LogP contribution in [0.25, 0.3) is 0 Å². The topological polar surface area (TPSA) is 35.6 Å². The molecule has 2 fully saturated rings. The zero-order valence-corrected chi connectivity index (χ0v) is 11.3. The summed E-state index contributed by atoms with van der Waals surface area (Å²) in [5, 5.41) is 3.36. The van der Waals surface area contributed by atoms with Gasteiger partial charge in [0.1, 0.15) is 0 Å². The molecule has 1 N–H and O–H groups in total. The summed E-state index contributed by atoms with van der Waals surface area (Å²) in [6.45, 7) is 5.19. The first-order chi connectivity index (χ1) is 8.03. The number of likely N-dealkylation sites (tertiary alicyclic amines) is 1. The van der Waals surface area contributed by atoms with E-state index in [9.17, 15) is 4.79 Å². The van der Waals surface area contributed by atoms with Crippen molar-refractivity contribution in [2.24, 2.45) is 0 Å². The Kier molecular flexibility index (Phi) is 3.73. The standard InChI is InChI=1S/C13H25N3O/c1-13(7-5-8-14-13)12(17)16(3)11-6-4-9-15(2)10-11/h11,14H,4-10H2,1-3H3. The van der Waals surface area contributed by atoms with E-state index in [4.69, 9.17) is 0 Å². The zero-order chi connectivity index (χ0) is 12.5. The summed E-state index contributed by atoms with van der Waals surface area (Å²) in [5.74, 6) is 0.273. The number of likely N-dealkylation sites (N-methyl/N-ethyl adjacent to an activating group) is 2. The summed E-state index contributed by atoms with van der Waals surface area (Å²) in [4.78, 5) is 16.8. The van der Waals surface area contributed by atoms with Crippen LogP contribution >= 0.6 is 0 Å². The van der Waals surface area contributed by atoms with Gasteiger partial charge in [0.25, 0.3) is 0 Å². The van der Waals surface area contributed by atoms with Crippen molar-refractivity contribution in [3.63, 3.8) is 0 Å². The molecular formula is C13H25N3O. The average molecular weight is 239 g/mol. The molecule has 4 nitrogen and oxygen atoms in total. The Morgan fingerprint density at radius 2 is 2.24 bits per heavy atom. The van der Waals surface area contributed by atoms with E-state index in [1.54, 1.807) is 0 Å². The Hall–Kier alpha value is -0.610. The third kappa shape index (κ3) is 2.63. The van der Waals surface area contributed by atoms with Crippen molar-refractivity contribution in [3.05, 3.63) is 0 Å². The van der Waals surface area contributed by atoms with Gasteiger partial charge in [-0.2, -0.15) is 0 Å². The third-order valence-electron chi connectivity index (χ3n) is 4.31. The largest absolute Gasteiger partial charge is 0.340 e. The summed E-state index contributed by atoms with van der Waals surface area (Å²) in [6, 6.07) is 0.389. The molecule has 4 heteroatoms. The molecule has 17 heavy (non-hydrogen) atoms. The van der Waals surface area contributed by atoms with E-state index in [-0.39, 0.29) is 11.4 Å². The summed E-state index contributed by atoms with van der Waals surface area (Å²) >= 11 is 0. The smallest absolute Gasteiger partial charge is 0.242 e. The molecular weight excluding hydrogens is 214 g/mol. The molecule has 1 amide bonds. The van der Waals surface area contributed by atoms with E-state index in [0.29, 0.717) is 6.04 Å². The molecule has 2 aliphatic rings. The average Bonchev–Trinajstić information content (AvgIpc) is 2.75. The van der Waals surface area contributed by atoms with Crippen LogP contribution in [0, 0.1) is 0 Å². The van der Waals surface area contributed by atoms with E-state index >= 15 is 0 Å². The molecule has 2 rings (SSSR count). The van der Waals surface area contributed by atoms with Gasteiger partial charge in [0, 0.05) is 19.6 Å². The Morgan fingerprint density at radius 1 is 1.47 bits per heavy atom. The third-order valence-corrected chi connectivity index (χ3v) is 4.31. The molecule has 98 valence electrons. The number of piperidine rings is 1. The second kappa shape index (κ2) is 4.94. The molecule has 2 unspecified atom stereocenters. The maximum atomic E-state index is 12.5. The Balaban J connectivity index is 1.98. The number of hydrogen-bond acceptors (Lipinski definition) is 3. The molecule has 2 saturated heterocycles. The van der Waals surface area contributed by atoms with E-state index < -0.39 is 0 Å². The molecule has 0 bridgehead atoms. The van der Waals surface area contributed by atoms with Gasteiger partial charge in [0.2, 0.25) is 5.91 Å². The van der Waals surface area contributed by atoms with Crippen molar-refractivity contribution in [2.45, 2.75) is 44.2 Å². The van der Waals surface area contributed by atoms with E-state index in [1.165, 1.54) is 6.42 Å². The van der Waals surface area contributed by atoms with Gasteiger partial charge in [-0.15, -0.1) is 0 Å². The lowest BCUT2D eigenvalue weighted by Gasteiger charge is -2.39. The highest BCUT2D eigenvalue weighted by molar-refractivity contribution is 5.86. The van der Waals surface area contributed by atoms with Crippen molar-refractivity contribution < 1.29 is 4.79 Å². The highest BCUT2D eigenvalue weighted by Crippen LogP contribution is 2.23. The van der Waals surface area contributed by atoms with Crippen LogP contribution in [-0.4, -0.2) is 61.0 Å². The molecule has 0 aromatic carbocycles. The minimum absolute atomic E-state index is 0.273. The van der Waals surface area contributed by atoms with Crippen LogP contribution in [0.4, 0.5) is 0 Å². The van der Waals surface area contributed by atoms with Crippen LogP contribution in [-0.2, 0) is 4.79 Å². The highest BCUT2D eigenvalue weighted by Gasteiger charge is 2.40. The van der Waals surface area contributed by atoms with Gasteiger partial charge < -0.3 is 15.1 Å². The maximum absolute atomic E-state index is 12.5. The molecule has 0 radical (unpaired) electrons. The van der Waals surface area contributed by atoms with E-state index in [2.05, 4.69) is 17.3 Å². The predicted molar refractivity (Wildman–Crippen MR) is 68.9 cm³/mol. The lowest BCUT2D eigenvalue weighted by molar-refractivity contribution is -0.138. The van der Waals surface area contributed by atoms with Gasteiger partial charge in [0.15, 0.2) is 0 Å². The van der Waals surface area contributed by atoms with Crippen LogP contribution in [0.1, 0.15) is 32.6 Å². The fourth-order valence-corrected chi connectivity index (χ4v) is 3.09. The highest BCUT2D eigenvalue weighted by atomic mass is 16.2. The van der Waals surface area contributed by atoms with Gasteiger partial charge in [0.05, 0.1) is 5.54 Å². The van der Waals surface area contributed by atoms with Crippen LogP contribution < -0.4 is 5.32 Å². The van der Waals surface area contributed by atoms with Gasteiger partial charge >= 0.3 is 0 Å². The second-order valence-corrected chi connectivity index (χ2v) is 5.84. The SMILES string of the molecule is CN1CCCC(N(C)C(=O)C2(C)CCCN2)C1. The zero-order valence-electron chi connectivity index (χ0n) is 11.3. The van der Waals surface area contributed by atoms with Crippen molar-refractivity contribution in [3.8, 4) is 0 Å². The van der Waals surface area contributed by atoms with Crippen molar-refractivity contribution in [1.82, 2.24) is 15.1 Å². The summed E-state index contributed by atoms with van der Waals surface area (Å²) in [5.41, 5.74) is -0.315. The number of nitrogens with one attached hydrogen (secondary N) is 1. The Morgan fingerprint density at radius 3 is 2.82 bits per heavy atom. The Labute approximate surface area is 104 Å². The first-order valence-electron chi connectivity index (χ1n) is 6.74. The van der Waals surface area contributed by atoms with Crippen LogP contribution in [0.15, 0.2) is 0 Å². The van der Waals surface area contributed by atoms with Crippen LogP contribution in [0.3, 0.4) is 0 Å². The first kappa shape index (κ1) is 12.8. The molecule has 0 aromatic heterocycles. The van der Waals surface area contributed by atoms with Gasteiger partial charge in [-0.3, -0.25) is 4.79 Å². The lowest BCUT2D eigenvalue weighted by atomic mass is 9.96. The maximum Gasteiger partial charge on any atom is 0.242 e. The van der Waals surface area contributed by atoms with Gasteiger partial charge in [-0.05, 0) is 52.7 Å². The predicted octanol–water partition coefficient (Wildman–Crippen LogP) is 0.681. The van der Waals surface area contributed by atoms with Crippen molar-refractivity contribution in [2.75, 3.05) is 33.7 Å². The van der Waals surface area contributed by atoms with Crippen molar-refractivity contribution in [1.29, 1.82) is 0 Å². The molecule has 0 saturated carbocycles. The lowest BCUT2D eigenvalue weighted by Crippen LogP contribution is -2.57. The first-order valence-corrected chi connectivity index (χ1v) is 6.74. The molecule has 2 aliphatic heterocycles. The summed E-state index contributed by atoms with van der Waals surface area (Å²) < 4.78 is 0. The molecule has 0 spiro atoms. The van der Waals surface area contributed by atoms with Gasteiger partial charge in [-0.25, -0.2) is 0 Å². The monoisotopic (exact) mass is 239 g/mol. The van der Waals surface area contributed by atoms with Crippen LogP contribution in [0.5, 0.6) is 0 Å². The number of hydrogen-bond donors (Lipinski definition) is 1. The quantitative estimate of drug-likeness (QED) is 0.770. The number of nitrogens with zero attached hydrogens (tertiary/aromatic N) is 2. The number of amides is 1. The summed E-state index contributed by atoms with van der Waals surface area (Å²) in [7, 11) is 4.11. The molecule has 0 aliphatic carbocycles. The molecule has 0 aromatic rings. The fourth-order valence-electron chi connectivity index (χ4n) is 3.09. The van der Waals surface area contributed by atoms with Crippen molar-refractivity contribution >= 4 is 5.91 Å². The second-order valence-electron chi connectivity index (χ2n) is 5.84. The minimum atomic E-state index is -0.315. The fraction of sp³-hybridized carbons (Fsp3) is 0.923. The van der Waals surface area contributed by atoms with Gasteiger partial charge in [-0.1, -0.05) is 0 Å². The molecule has 2 heterocycles. The van der Waals surface area contributed by atoms with E-state index in [1.807, 2.05) is 18.9 Å². The van der Waals surface area contributed by atoms with E-state index in [0.717, 1.165) is 38.9 Å². The normalized spacial score (nSPS) is 34.9. The number of carbonyl (C=O) groups excluding carboxylic acids is 1. The number of carbonyl (C=O) groups is 1. The summed E-state index contributed by atoms with van der Waals surface area (Å²) in [6.07, 6.45) is 4.42. The minimum Gasteiger partial charge on any atom is -0.340 e. The Bertz CT molecular complexity index is 286. The number of rotatable bonds is 2.